The zero-order valence-corrected chi connectivity index (χ0v) is 13.3. The normalized spacial score (nSPS) is 12.0. The summed E-state index contributed by atoms with van der Waals surface area (Å²) in [5.74, 6) is -0.339. The van der Waals surface area contributed by atoms with Crippen molar-refractivity contribution in [1.29, 1.82) is 0 Å². The highest BCUT2D eigenvalue weighted by atomic mass is 16.5. The monoisotopic (exact) mass is 298 g/mol. The van der Waals surface area contributed by atoms with Crippen LogP contribution < -0.4 is 4.74 Å². The lowest BCUT2D eigenvalue weighted by molar-refractivity contribution is -0.145. The fourth-order valence-corrected chi connectivity index (χ4v) is 2.43. The van der Waals surface area contributed by atoms with Crippen molar-refractivity contribution in [2.24, 2.45) is 0 Å². The summed E-state index contributed by atoms with van der Waals surface area (Å²) in [5.41, 5.74) is 4.45. The highest BCUT2D eigenvalue weighted by molar-refractivity contribution is 5.73. The van der Waals surface area contributed by atoms with Crippen molar-refractivity contribution >= 4 is 5.97 Å². The maximum absolute atomic E-state index is 11.5. The van der Waals surface area contributed by atoms with Crippen LogP contribution in [0.15, 0.2) is 42.5 Å². The van der Waals surface area contributed by atoms with Gasteiger partial charge in [0.15, 0.2) is 6.10 Å². The van der Waals surface area contributed by atoms with Crippen molar-refractivity contribution < 1.29 is 14.6 Å². The molecule has 0 saturated heterocycles. The van der Waals surface area contributed by atoms with Gasteiger partial charge in [0.1, 0.15) is 5.75 Å². The van der Waals surface area contributed by atoms with E-state index in [4.69, 9.17) is 4.74 Å². The molecule has 2 aromatic rings. The van der Waals surface area contributed by atoms with E-state index in [2.05, 4.69) is 6.92 Å². The molecule has 0 amide bonds. The van der Waals surface area contributed by atoms with Crippen LogP contribution >= 0.6 is 0 Å². The third-order valence-corrected chi connectivity index (χ3v) is 3.94. The minimum atomic E-state index is -0.941. The van der Waals surface area contributed by atoms with Gasteiger partial charge in [-0.1, -0.05) is 37.3 Å². The molecule has 1 N–H and O–H groups in total. The molecule has 0 aliphatic heterocycles. The quantitative estimate of drug-likeness (QED) is 0.878. The molecule has 22 heavy (non-hydrogen) atoms. The van der Waals surface area contributed by atoms with Crippen LogP contribution in [-0.4, -0.2) is 17.2 Å². The predicted molar refractivity (Wildman–Crippen MR) is 87.5 cm³/mol. The Balaban J connectivity index is 2.20. The number of hydrogen-bond acceptors (Lipinski definition) is 2. The molecule has 116 valence electrons. The van der Waals surface area contributed by atoms with E-state index >= 15 is 0 Å². The Morgan fingerprint density at radius 2 is 1.77 bits per heavy atom. The van der Waals surface area contributed by atoms with Gasteiger partial charge >= 0.3 is 5.97 Å². The van der Waals surface area contributed by atoms with Crippen LogP contribution in [0, 0.1) is 13.8 Å². The molecule has 0 radical (unpaired) electrons. The molecule has 0 aliphatic carbocycles. The van der Waals surface area contributed by atoms with E-state index in [0.29, 0.717) is 12.2 Å². The lowest BCUT2D eigenvalue weighted by atomic mass is 10.00. The molecule has 0 unspecified atom stereocenters. The van der Waals surface area contributed by atoms with E-state index in [1.54, 1.807) is 0 Å². The Morgan fingerprint density at radius 3 is 2.36 bits per heavy atom. The SMILES string of the molecule is CCc1ccccc1C[C@@H](Oc1ccc(C)c(C)c1)C(=O)O. The Bertz CT molecular complexity index is 661. The summed E-state index contributed by atoms with van der Waals surface area (Å²) in [5, 5.41) is 9.46. The first-order valence-corrected chi connectivity index (χ1v) is 7.54. The fourth-order valence-electron chi connectivity index (χ4n) is 2.43. The van der Waals surface area contributed by atoms with Crippen LogP contribution in [0.25, 0.3) is 0 Å². The highest BCUT2D eigenvalue weighted by Crippen LogP contribution is 2.20. The van der Waals surface area contributed by atoms with E-state index in [0.717, 1.165) is 28.7 Å². The lowest BCUT2D eigenvalue weighted by Crippen LogP contribution is -2.29. The van der Waals surface area contributed by atoms with Gasteiger partial charge in [0, 0.05) is 6.42 Å². The lowest BCUT2D eigenvalue weighted by Gasteiger charge is -2.17. The molecular weight excluding hydrogens is 276 g/mol. The number of carboxylic acids is 1. The van der Waals surface area contributed by atoms with Gasteiger partial charge in [0.2, 0.25) is 0 Å². The van der Waals surface area contributed by atoms with Gasteiger partial charge in [0.05, 0.1) is 0 Å². The summed E-state index contributed by atoms with van der Waals surface area (Å²) in [6.45, 7) is 6.08. The third kappa shape index (κ3) is 3.88. The zero-order chi connectivity index (χ0) is 16.1. The van der Waals surface area contributed by atoms with E-state index in [-0.39, 0.29) is 0 Å². The van der Waals surface area contributed by atoms with Crippen LogP contribution in [-0.2, 0) is 17.6 Å². The van der Waals surface area contributed by atoms with Crippen LogP contribution in [0.1, 0.15) is 29.2 Å². The minimum absolute atomic E-state index is 0.367. The maximum atomic E-state index is 11.5. The maximum Gasteiger partial charge on any atom is 0.345 e. The first-order chi connectivity index (χ1) is 10.5. The Morgan fingerprint density at radius 1 is 1.09 bits per heavy atom. The van der Waals surface area contributed by atoms with E-state index < -0.39 is 12.1 Å². The van der Waals surface area contributed by atoms with Crippen molar-refractivity contribution in [2.45, 2.75) is 39.7 Å². The van der Waals surface area contributed by atoms with Gasteiger partial charge in [-0.15, -0.1) is 0 Å². The first kappa shape index (κ1) is 16.1. The van der Waals surface area contributed by atoms with Gasteiger partial charge in [-0.25, -0.2) is 4.79 Å². The molecule has 0 fully saturated rings. The molecule has 0 aromatic heterocycles. The molecular formula is C19H22O3. The number of ether oxygens (including phenoxy) is 1. The summed E-state index contributed by atoms with van der Waals surface area (Å²) in [7, 11) is 0. The van der Waals surface area contributed by atoms with Crippen LogP contribution in [0.4, 0.5) is 0 Å². The summed E-state index contributed by atoms with van der Waals surface area (Å²) in [6.07, 6.45) is 0.369. The van der Waals surface area contributed by atoms with Crippen molar-refractivity contribution in [3.63, 3.8) is 0 Å². The second-order valence-electron chi connectivity index (χ2n) is 5.52. The Labute approximate surface area is 131 Å². The molecule has 0 aliphatic rings. The topological polar surface area (TPSA) is 46.5 Å². The fraction of sp³-hybridized carbons (Fsp3) is 0.316. The number of benzene rings is 2. The molecule has 2 rings (SSSR count). The van der Waals surface area contributed by atoms with E-state index in [1.807, 2.05) is 56.3 Å². The summed E-state index contributed by atoms with van der Waals surface area (Å²) < 4.78 is 5.72. The standard InChI is InChI=1S/C19H22O3/c1-4-15-7-5-6-8-16(15)12-18(19(20)21)22-17-10-9-13(2)14(3)11-17/h5-11,18H,4,12H2,1-3H3,(H,20,21)/t18-/m1/s1. The second kappa shape index (κ2) is 7.12. The van der Waals surface area contributed by atoms with Crippen LogP contribution in [0.5, 0.6) is 5.75 Å². The van der Waals surface area contributed by atoms with Crippen LogP contribution in [0.2, 0.25) is 0 Å². The van der Waals surface area contributed by atoms with Gasteiger partial charge in [0.25, 0.3) is 0 Å². The number of aliphatic carboxylic acids is 1. The average molecular weight is 298 g/mol. The van der Waals surface area contributed by atoms with Crippen molar-refractivity contribution in [1.82, 2.24) is 0 Å². The van der Waals surface area contributed by atoms with Crippen molar-refractivity contribution in [2.75, 3.05) is 0 Å². The van der Waals surface area contributed by atoms with Gasteiger partial charge in [-0.3, -0.25) is 0 Å². The molecule has 0 spiro atoms. The summed E-state index contributed by atoms with van der Waals surface area (Å²) >= 11 is 0. The van der Waals surface area contributed by atoms with Gasteiger partial charge in [-0.05, 0) is 54.7 Å². The Kier molecular flexibility index (Phi) is 5.21. The molecule has 0 bridgehead atoms. The van der Waals surface area contributed by atoms with Crippen molar-refractivity contribution in [3.8, 4) is 5.75 Å². The number of carbonyl (C=O) groups is 1. The third-order valence-electron chi connectivity index (χ3n) is 3.94. The van der Waals surface area contributed by atoms with Crippen molar-refractivity contribution in [3.05, 3.63) is 64.7 Å². The number of rotatable bonds is 6. The summed E-state index contributed by atoms with van der Waals surface area (Å²) in [6, 6.07) is 13.6. The summed E-state index contributed by atoms with van der Waals surface area (Å²) in [4.78, 5) is 11.5. The van der Waals surface area contributed by atoms with Gasteiger partial charge in [-0.2, -0.15) is 0 Å². The Hall–Kier alpha value is -2.29. The molecule has 0 saturated carbocycles. The highest BCUT2D eigenvalue weighted by Gasteiger charge is 2.21. The molecule has 3 nitrogen and oxygen atoms in total. The number of carboxylic acid groups (broad SMARTS) is 1. The average Bonchev–Trinajstić information content (AvgIpc) is 2.50. The largest absolute Gasteiger partial charge is 0.478 e. The smallest absolute Gasteiger partial charge is 0.345 e. The van der Waals surface area contributed by atoms with E-state index in [1.165, 1.54) is 0 Å². The zero-order valence-electron chi connectivity index (χ0n) is 13.3. The minimum Gasteiger partial charge on any atom is -0.478 e. The molecule has 3 heteroatoms. The molecule has 2 aromatic carbocycles. The van der Waals surface area contributed by atoms with Gasteiger partial charge < -0.3 is 9.84 Å². The van der Waals surface area contributed by atoms with Crippen LogP contribution in [0.3, 0.4) is 0 Å². The molecule has 0 heterocycles. The molecule has 1 atom stereocenters. The number of hydrogen-bond donors (Lipinski definition) is 1. The first-order valence-electron chi connectivity index (χ1n) is 7.54. The number of aryl methyl sites for hydroxylation is 3. The second-order valence-corrected chi connectivity index (χ2v) is 5.52. The predicted octanol–water partition coefficient (Wildman–Crippen LogP) is 3.94. The van der Waals surface area contributed by atoms with E-state index in [9.17, 15) is 9.90 Å².